The fourth-order valence-corrected chi connectivity index (χ4v) is 2.98. The molecule has 0 spiro atoms. The maximum atomic E-state index is 10.5. The molecule has 1 aromatic heterocycles. The Kier molecular flexibility index (Phi) is 7.05. The largest absolute Gasteiger partial charge is 0.726 e. The van der Waals surface area contributed by atoms with E-state index in [0.717, 1.165) is 29.4 Å². The van der Waals surface area contributed by atoms with Crippen LogP contribution in [-0.4, -0.2) is 37.2 Å². The highest BCUT2D eigenvalue weighted by Crippen LogP contribution is 2.26. The molecule has 0 radical (unpaired) electrons. The molecular weight excluding hydrogens is 370 g/mol. The molecule has 2 rings (SSSR count). The third kappa shape index (κ3) is 6.12. The van der Waals surface area contributed by atoms with Crippen LogP contribution in [0.25, 0.3) is 0 Å². The Balaban J connectivity index is 2.05. The predicted octanol–water partition coefficient (Wildman–Crippen LogP) is 2.27. The van der Waals surface area contributed by atoms with E-state index in [1.54, 1.807) is 0 Å². The van der Waals surface area contributed by atoms with Crippen molar-refractivity contribution in [3.8, 4) is 0 Å². The minimum atomic E-state index is -4.63. The summed E-state index contributed by atoms with van der Waals surface area (Å²) in [5.74, 6) is 0.738. The molecule has 1 heterocycles. The Morgan fingerprint density at radius 1 is 1.33 bits per heavy atom. The van der Waals surface area contributed by atoms with Crippen LogP contribution in [0.15, 0.2) is 40.8 Å². The Morgan fingerprint density at radius 3 is 2.63 bits per heavy atom. The highest BCUT2D eigenvalue weighted by Gasteiger charge is 2.12. The van der Waals surface area contributed by atoms with Gasteiger partial charge in [0.15, 0.2) is 0 Å². The lowest BCUT2D eigenvalue weighted by Gasteiger charge is -2.23. The van der Waals surface area contributed by atoms with Gasteiger partial charge < -0.3 is 9.45 Å². The van der Waals surface area contributed by atoms with E-state index in [2.05, 4.69) is 19.3 Å². The van der Waals surface area contributed by atoms with Gasteiger partial charge in [-0.1, -0.05) is 5.11 Å². The van der Waals surface area contributed by atoms with E-state index in [9.17, 15) is 13.0 Å². The number of rotatable bonds is 9. The topological polar surface area (TPSA) is 103 Å². The number of azo groups is 1. The molecule has 148 valence electrons. The lowest BCUT2D eigenvalue weighted by Crippen LogP contribution is -2.25. The number of nitrogens with zero attached hydrogens (tertiary/aromatic N) is 5. The molecule has 9 nitrogen and oxygen atoms in total. The maximum Gasteiger partial charge on any atom is 0.421 e. The summed E-state index contributed by atoms with van der Waals surface area (Å²) in [6, 6.07) is 5.85. The Hall–Kier alpha value is -2.30. The first-order valence-electron chi connectivity index (χ1n) is 8.60. The molecular formula is C17H25N5O4S. The summed E-state index contributed by atoms with van der Waals surface area (Å²) in [5.41, 5.74) is 2.74. The summed E-state index contributed by atoms with van der Waals surface area (Å²) in [4.78, 5) is 2.08. The Labute approximate surface area is 159 Å². The van der Waals surface area contributed by atoms with Gasteiger partial charge in [0.25, 0.3) is 0 Å². The van der Waals surface area contributed by atoms with Gasteiger partial charge in [0.2, 0.25) is 10.4 Å². The molecule has 27 heavy (non-hydrogen) atoms. The van der Waals surface area contributed by atoms with E-state index in [-0.39, 0.29) is 6.61 Å². The third-order valence-electron chi connectivity index (χ3n) is 4.12. The van der Waals surface area contributed by atoms with Gasteiger partial charge in [-0.2, -0.15) is 0 Å². The van der Waals surface area contributed by atoms with Crippen LogP contribution < -0.4 is 9.47 Å². The fourth-order valence-electron chi connectivity index (χ4n) is 2.66. The molecule has 0 N–H and O–H groups in total. The van der Waals surface area contributed by atoms with E-state index in [0.29, 0.717) is 13.0 Å². The van der Waals surface area contributed by atoms with Crippen molar-refractivity contribution in [3.05, 3.63) is 36.2 Å². The van der Waals surface area contributed by atoms with Crippen LogP contribution in [-0.2, 0) is 28.7 Å². The normalized spacial score (nSPS) is 12.0. The first-order valence-corrected chi connectivity index (χ1v) is 9.93. The summed E-state index contributed by atoms with van der Waals surface area (Å²) in [7, 11) is -0.816. The van der Waals surface area contributed by atoms with Crippen LogP contribution in [0.5, 0.6) is 0 Å². The van der Waals surface area contributed by atoms with Gasteiger partial charge >= 0.3 is 5.95 Å². The highest BCUT2D eigenvalue weighted by atomic mass is 32.3. The molecule has 1 aromatic carbocycles. The number of aryl methyl sites for hydroxylation is 3. The van der Waals surface area contributed by atoms with Gasteiger partial charge in [0, 0.05) is 23.9 Å². The van der Waals surface area contributed by atoms with Crippen molar-refractivity contribution in [2.75, 3.05) is 24.6 Å². The zero-order chi connectivity index (χ0) is 20.0. The first kappa shape index (κ1) is 21.0. The zero-order valence-corrected chi connectivity index (χ0v) is 16.8. The molecule has 2 aromatic rings. The SMILES string of the molecule is CCN(CCCOS(=O)(=O)[O-])c1ccc(N=Nc2n(C)cc[n+]2C)c(C)c1. The molecule has 0 fully saturated rings. The van der Waals surface area contributed by atoms with Crippen molar-refractivity contribution >= 4 is 27.7 Å². The van der Waals surface area contributed by atoms with Crippen molar-refractivity contribution in [2.24, 2.45) is 24.3 Å². The van der Waals surface area contributed by atoms with E-state index >= 15 is 0 Å². The second-order valence-corrected chi connectivity index (χ2v) is 7.21. The molecule has 0 bridgehead atoms. The number of hydrogen-bond donors (Lipinski definition) is 0. The van der Waals surface area contributed by atoms with E-state index < -0.39 is 10.4 Å². The van der Waals surface area contributed by atoms with E-state index in [1.807, 2.05) is 67.7 Å². The fraction of sp³-hybridized carbons (Fsp3) is 0.471. The lowest BCUT2D eigenvalue weighted by atomic mass is 10.1. The predicted molar refractivity (Wildman–Crippen MR) is 100 cm³/mol. The van der Waals surface area contributed by atoms with Gasteiger partial charge in [-0.3, -0.25) is 4.18 Å². The highest BCUT2D eigenvalue weighted by molar-refractivity contribution is 7.80. The van der Waals surface area contributed by atoms with E-state index in [4.69, 9.17) is 0 Å². The number of imidazole rings is 1. The number of benzene rings is 1. The minimum Gasteiger partial charge on any atom is -0.726 e. The standard InChI is InChI=1S/C17H25N5O4S/c1-5-22(9-6-12-26-27(23,24)25)15-7-8-16(14(2)13-15)18-19-17-20(3)10-11-21(17)4/h7-8,10-11,13H,5-6,9,12H2,1-4H3. The quantitative estimate of drug-likeness (QED) is 0.213. The Bertz CT molecular complexity index is 889. The molecule has 0 unspecified atom stereocenters. The van der Waals surface area contributed by atoms with Crippen LogP contribution >= 0.6 is 0 Å². The molecule has 0 amide bonds. The molecule has 10 heteroatoms. The number of hydrogen-bond acceptors (Lipinski definition) is 7. The molecule has 0 aliphatic heterocycles. The van der Waals surface area contributed by atoms with Crippen LogP contribution in [0.3, 0.4) is 0 Å². The van der Waals surface area contributed by atoms with Crippen molar-refractivity contribution < 1.29 is 21.7 Å². The first-order chi connectivity index (χ1) is 12.7. The number of anilines is 1. The minimum absolute atomic E-state index is 0.124. The summed E-state index contributed by atoms with van der Waals surface area (Å²) < 4.78 is 39.4. The van der Waals surface area contributed by atoms with Crippen molar-refractivity contribution in [3.63, 3.8) is 0 Å². The molecule has 0 atom stereocenters. The number of aromatic nitrogens is 2. The summed E-state index contributed by atoms with van der Waals surface area (Å²) in [6.45, 7) is 5.16. The monoisotopic (exact) mass is 395 g/mol. The van der Waals surface area contributed by atoms with Gasteiger partial charge in [0.1, 0.15) is 5.69 Å². The van der Waals surface area contributed by atoms with Gasteiger partial charge in [-0.05, 0) is 44.0 Å². The molecule has 0 saturated heterocycles. The average Bonchev–Trinajstić information content (AvgIpc) is 2.91. The summed E-state index contributed by atoms with van der Waals surface area (Å²) in [5, 5.41) is 8.65. The smallest absolute Gasteiger partial charge is 0.421 e. The van der Waals surface area contributed by atoms with Crippen molar-refractivity contribution in [2.45, 2.75) is 20.3 Å². The summed E-state index contributed by atoms with van der Waals surface area (Å²) in [6.07, 6.45) is 4.25. The van der Waals surface area contributed by atoms with Gasteiger partial charge in [0.05, 0.1) is 33.1 Å². The van der Waals surface area contributed by atoms with Crippen LogP contribution in [0.4, 0.5) is 17.3 Å². The summed E-state index contributed by atoms with van der Waals surface area (Å²) >= 11 is 0. The maximum absolute atomic E-state index is 10.5. The zero-order valence-electron chi connectivity index (χ0n) is 16.0. The average molecular weight is 395 g/mol. The second kappa shape index (κ2) is 9.07. The van der Waals surface area contributed by atoms with Crippen LogP contribution in [0.1, 0.15) is 18.9 Å². The molecule has 0 saturated carbocycles. The van der Waals surface area contributed by atoms with Crippen molar-refractivity contribution in [1.29, 1.82) is 0 Å². The van der Waals surface area contributed by atoms with Crippen LogP contribution in [0, 0.1) is 6.92 Å². The van der Waals surface area contributed by atoms with Crippen LogP contribution in [0.2, 0.25) is 0 Å². The van der Waals surface area contributed by atoms with Gasteiger partial charge in [-0.15, -0.1) is 0 Å². The second-order valence-electron chi connectivity index (χ2n) is 6.15. The van der Waals surface area contributed by atoms with Crippen molar-refractivity contribution in [1.82, 2.24) is 4.57 Å². The molecule has 0 aliphatic rings. The van der Waals surface area contributed by atoms with Gasteiger partial charge in [-0.25, -0.2) is 17.6 Å². The third-order valence-corrected chi connectivity index (χ3v) is 4.57. The lowest BCUT2D eigenvalue weighted by molar-refractivity contribution is -0.657. The Morgan fingerprint density at radius 2 is 2.07 bits per heavy atom. The van der Waals surface area contributed by atoms with E-state index in [1.165, 1.54) is 0 Å². The molecule has 0 aliphatic carbocycles.